The first-order valence-corrected chi connectivity index (χ1v) is 5.25. The van der Waals surface area contributed by atoms with E-state index in [9.17, 15) is 9.36 Å². The molecule has 0 aromatic heterocycles. The summed E-state index contributed by atoms with van der Waals surface area (Å²) in [5.41, 5.74) is 4.99. The number of aliphatic carboxylic acids is 1. The van der Waals surface area contributed by atoms with Crippen LogP contribution >= 0.6 is 7.60 Å². The molecule has 0 heterocycles. The molecule has 2 atom stereocenters. The van der Waals surface area contributed by atoms with Gasteiger partial charge in [0.15, 0.2) is 0 Å². The molecule has 0 aromatic carbocycles. The first kappa shape index (κ1) is 12.5. The second-order valence-corrected chi connectivity index (χ2v) is 4.38. The molecule has 0 fully saturated rings. The molecule has 7 nitrogen and oxygen atoms in total. The zero-order valence-corrected chi connectivity index (χ0v) is 7.59. The maximum absolute atomic E-state index is 10.3. The minimum atomic E-state index is -4.20. The van der Waals surface area contributed by atoms with Crippen molar-refractivity contribution in [3.8, 4) is 0 Å². The van der Waals surface area contributed by atoms with Crippen LogP contribution in [0.1, 0.15) is 6.42 Å². The van der Waals surface area contributed by atoms with E-state index in [2.05, 4.69) is 0 Å². The summed E-state index contributed by atoms with van der Waals surface area (Å²) in [4.78, 5) is 27.0. The molecular weight excluding hydrogens is 201 g/mol. The average molecular weight is 213 g/mol. The van der Waals surface area contributed by atoms with E-state index in [4.69, 9.17) is 25.7 Å². The Kier molecular flexibility index (Phi) is 4.52. The van der Waals surface area contributed by atoms with Gasteiger partial charge < -0.3 is 25.7 Å². The molecule has 13 heavy (non-hydrogen) atoms. The number of carboxylic acid groups (broad SMARTS) is 1. The Hall–Kier alpha value is -0.460. The number of aliphatic hydroxyl groups is 1. The van der Waals surface area contributed by atoms with Crippen LogP contribution in [-0.4, -0.2) is 44.3 Å². The molecule has 0 aliphatic heterocycles. The topological polar surface area (TPSA) is 141 Å². The van der Waals surface area contributed by atoms with E-state index in [-0.39, 0.29) is 6.42 Å². The van der Waals surface area contributed by atoms with Crippen LogP contribution in [0.3, 0.4) is 0 Å². The number of rotatable bonds is 5. The Morgan fingerprint density at radius 3 is 2.23 bits per heavy atom. The molecule has 0 saturated heterocycles. The smallest absolute Gasteiger partial charge is 0.325 e. The molecule has 0 amide bonds. The molecule has 0 aromatic rings. The van der Waals surface area contributed by atoms with Gasteiger partial charge in [0.05, 0.1) is 12.3 Å². The van der Waals surface area contributed by atoms with Crippen molar-refractivity contribution in [2.75, 3.05) is 6.16 Å². The molecular formula is C5H12NO6P. The van der Waals surface area contributed by atoms with Gasteiger partial charge in [0.25, 0.3) is 0 Å². The summed E-state index contributed by atoms with van der Waals surface area (Å²) in [6, 6.07) is -1.51. The normalized spacial score (nSPS) is 16.6. The van der Waals surface area contributed by atoms with Crippen molar-refractivity contribution in [3.63, 3.8) is 0 Å². The van der Waals surface area contributed by atoms with Gasteiger partial charge >= 0.3 is 13.6 Å². The maximum Gasteiger partial charge on any atom is 0.325 e. The highest BCUT2D eigenvalue weighted by Crippen LogP contribution is 2.35. The highest BCUT2D eigenvalue weighted by Gasteiger charge is 2.24. The average Bonchev–Trinajstić information content (AvgIpc) is 1.97. The van der Waals surface area contributed by atoms with Gasteiger partial charge in [-0.15, -0.1) is 0 Å². The van der Waals surface area contributed by atoms with Crippen LogP contribution in [0.2, 0.25) is 0 Å². The molecule has 0 saturated carbocycles. The lowest BCUT2D eigenvalue weighted by Crippen LogP contribution is -2.42. The van der Waals surface area contributed by atoms with Gasteiger partial charge in [-0.05, 0) is 6.42 Å². The lowest BCUT2D eigenvalue weighted by Gasteiger charge is -2.14. The van der Waals surface area contributed by atoms with Crippen molar-refractivity contribution in [1.29, 1.82) is 0 Å². The summed E-state index contributed by atoms with van der Waals surface area (Å²) < 4.78 is 10.3. The fourth-order valence-electron chi connectivity index (χ4n) is 0.645. The third-order valence-electron chi connectivity index (χ3n) is 1.42. The van der Waals surface area contributed by atoms with Crippen LogP contribution in [0, 0.1) is 0 Å². The summed E-state index contributed by atoms with van der Waals surface area (Å²) in [5.74, 6) is -1.40. The fraction of sp³-hybridized carbons (Fsp3) is 0.800. The van der Waals surface area contributed by atoms with Gasteiger partial charge in [-0.2, -0.15) is 0 Å². The molecule has 0 spiro atoms. The molecule has 8 heteroatoms. The number of carbonyl (C=O) groups is 1. The third-order valence-corrected chi connectivity index (χ3v) is 2.26. The van der Waals surface area contributed by atoms with Crippen molar-refractivity contribution in [2.45, 2.75) is 18.6 Å². The van der Waals surface area contributed by atoms with Crippen LogP contribution in [-0.2, 0) is 9.36 Å². The Bertz CT molecular complexity index is 225. The van der Waals surface area contributed by atoms with Crippen molar-refractivity contribution >= 4 is 13.6 Å². The zero-order chi connectivity index (χ0) is 10.6. The molecule has 78 valence electrons. The van der Waals surface area contributed by atoms with Gasteiger partial charge in [-0.1, -0.05) is 0 Å². The van der Waals surface area contributed by atoms with E-state index < -0.39 is 31.9 Å². The minimum absolute atomic E-state index is 0.336. The number of aliphatic hydroxyl groups excluding tert-OH is 1. The summed E-state index contributed by atoms with van der Waals surface area (Å²) in [5, 5.41) is 17.3. The molecule has 0 aliphatic carbocycles. The highest BCUT2D eigenvalue weighted by molar-refractivity contribution is 7.51. The van der Waals surface area contributed by atoms with Crippen molar-refractivity contribution < 1.29 is 29.4 Å². The highest BCUT2D eigenvalue weighted by atomic mass is 31.2. The van der Waals surface area contributed by atoms with Crippen molar-refractivity contribution in [3.05, 3.63) is 0 Å². The van der Waals surface area contributed by atoms with Crippen LogP contribution in [0.4, 0.5) is 0 Å². The van der Waals surface area contributed by atoms with Gasteiger partial charge in [0, 0.05) is 0 Å². The molecule has 2 unspecified atom stereocenters. The monoisotopic (exact) mass is 213 g/mol. The predicted octanol–water partition coefficient (Wildman–Crippen LogP) is -1.67. The van der Waals surface area contributed by atoms with Crippen LogP contribution in [0.5, 0.6) is 0 Å². The van der Waals surface area contributed by atoms with E-state index in [1.807, 2.05) is 0 Å². The largest absolute Gasteiger partial charge is 0.480 e. The van der Waals surface area contributed by atoms with E-state index in [0.717, 1.165) is 0 Å². The summed E-state index contributed by atoms with van der Waals surface area (Å²) in [6.45, 7) is 0. The maximum atomic E-state index is 10.3. The SMILES string of the molecule is NC(C(=O)O)C(O)CCP(=O)(O)O. The van der Waals surface area contributed by atoms with E-state index in [1.165, 1.54) is 0 Å². The summed E-state index contributed by atoms with van der Waals surface area (Å²) >= 11 is 0. The first-order valence-electron chi connectivity index (χ1n) is 3.45. The standard InChI is InChI=1S/C5H12NO6P/c6-4(5(8)9)3(7)1-2-13(10,11)12/h3-4,7H,1-2,6H2,(H,8,9)(H2,10,11,12). The number of nitrogens with two attached hydrogens (primary N) is 1. The van der Waals surface area contributed by atoms with E-state index >= 15 is 0 Å². The van der Waals surface area contributed by atoms with Crippen LogP contribution in [0.25, 0.3) is 0 Å². The lowest BCUT2D eigenvalue weighted by molar-refractivity contribution is -0.141. The first-order chi connectivity index (χ1) is 5.74. The Labute approximate surface area is 74.3 Å². The lowest BCUT2D eigenvalue weighted by atomic mass is 10.1. The molecule has 0 rings (SSSR count). The van der Waals surface area contributed by atoms with E-state index in [0.29, 0.717) is 0 Å². The molecule has 0 radical (unpaired) electrons. The number of hydrogen-bond donors (Lipinski definition) is 5. The molecule has 0 aliphatic rings. The Morgan fingerprint density at radius 1 is 1.46 bits per heavy atom. The van der Waals surface area contributed by atoms with Gasteiger partial charge in [0.2, 0.25) is 0 Å². The minimum Gasteiger partial charge on any atom is -0.480 e. The Morgan fingerprint density at radius 2 is 1.92 bits per heavy atom. The number of hydrogen-bond acceptors (Lipinski definition) is 4. The fourth-order valence-corrected chi connectivity index (χ4v) is 1.25. The van der Waals surface area contributed by atoms with Crippen LogP contribution < -0.4 is 5.73 Å². The van der Waals surface area contributed by atoms with E-state index in [1.54, 1.807) is 0 Å². The Balaban J connectivity index is 3.95. The van der Waals surface area contributed by atoms with Crippen molar-refractivity contribution in [1.82, 2.24) is 0 Å². The molecule has 6 N–H and O–H groups in total. The summed E-state index contributed by atoms with van der Waals surface area (Å²) in [7, 11) is -4.20. The predicted molar refractivity (Wildman–Crippen MR) is 43.1 cm³/mol. The second-order valence-electron chi connectivity index (χ2n) is 2.61. The van der Waals surface area contributed by atoms with Gasteiger partial charge in [-0.3, -0.25) is 9.36 Å². The zero-order valence-electron chi connectivity index (χ0n) is 6.70. The summed E-state index contributed by atoms with van der Waals surface area (Å²) in [6.07, 6.45) is -2.35. The van der Waals surface area contributed by atoms with Gasteiger partial charge in [0.1, 0.15) is 6.04 Å². The van der Waals surface area contributed by atoms with Crippen molar-refractivity contribution in [2.24, 2.45) is 5.73 Å². The number of carboxylic acids is 1. The van der Waals surface area contributed by atoms with Crippen LogP contribution in [0.15, 0.2) is 0 Å². The molecule has 0 bridgehead atoms. The third kappa shape index (κ3) is 5.73. The second kappa shape index (κ2) is 4.69. The van der Waals surface area contributed by atoms with Gasteiger partial charge in [-0.25, -0.2) is 0 Å². The quantitative estimate of drug-likeness (QED) is 0.343.